The third-order valence-electron chi connectivity index (χ3n) is 3.68. The smallest absolute Gasteiger partial charge is 0.251 e. The molecule has 1 aromatic heterocycles. The maximum Gasteiger partial charge on any atom is 0.251 e. The maximum atomic E-state index is 12.3. The molecule has 0 fully saturated rings. The Balaban J connectivity index is 2.10. The van der Waals surface area contributed by atoms with Crippen molar-refractivity contribution < 1.29 is 17.6 Å². The molecule has 0 saturated carbocycles. The molecule has 7 heteroatoms. The van der Waals surface area contributed by atoms with E-state index >= 15 is 0 Å². The zero-order chi connectivity index (χ0) is 18.6. The summed E-state index contributed by atoms with van der Waals surface area (Å²) in [4.78, 5) is 12.4. The van der Waals surface area contributed by atoms with E-state index in [1.807, 2.05) is 26.8 Å². The number of carbonyl (C=O) groups excluding carboxylic acids is 1. The Morgan fingerprint density at radius 1 is 1.28 bits per heavy atom. The maximum absolute atomic E-state index is 12.3. The molecule has 0 spiro atoms. The van der Waals surface area contributed by atoms with Gasteiger partial charge in [0.1, 0.15) is 11.5 Å². The van der Waals surface area contributed by atoms with E-state index in [-0.39, 0.29) is 23.4 Å². The van der Waals surface area contributed by atoms with Crippen LogP contribution in [-0.4, -0.2) is 20.9 Å². The van der Waals surface area contributed by atoms with Gasteiger partial charge in [-0.25, -0.2) is 8.42 Å². The number of aryl methyl sites for hydroxylation is 2. The van der Waals surface area contributed by atoms with Gasteiger partial charge >= 0.3 is 0 Å². The summed E-state index contributed by atoms with van der Waals surface area (Å²) in [5.74, 6) is 3.44. The minimum absolute atomic E-state index is 0.0497. The first kappa shape index (κ1) is 18.8. The summed E-state index contributed by atoms with van der Waals surface area (Å²) in [6.45, 7) is 5.45. The van der Waals surface area contributed by atoms with Crippen molar-refractivity contribution in [1.29, 1.82) is 0 Å². The topological polar surface area (TPSA) is 88.4 Å². The summed E-state index contributed by atoms with van der Waals surface area (Å²) >= 11 is 0. The Hall–Kier alpha value is -2.56. The summed E-state index contributed by atoms with van der Waals surface area (Å²) in [6, 6.07) is 7.30. The van der Waals surface area contributed by atoms with Crippen LogP contribution in [0.5, 0.6) is 0 Å². The van der Waals surface area contributed by atoms with Gasteiger partial charge in [0.25, 0.3) is 5.91 Å². The molecule has 1 unspecified atom stereocenters. The Morgan fingerprint density at radius 3 is 2.44 bits per heavy atom. The van der Waals surface area contributed by atoms with Crippen molar-refractivity contribution >= 4 is 15.9 Å². The van der Waals surface area contributed by atoms with Crippen LogP contribution in [-0.2, 0) is 10.0 Å². The molecule has 0 radical (unpaired) electrons. The normalized spacial score (nSPS) is 12.4. The van der Waals surface area contributed by atoms with Crippen LogP contribution in [0, 0.1) is 26.2 Å². The quantitative estimate of drug-likeness (QED) is 0.774. The van der Waals surface area contributed by atoms with Crippen molar-refractivity contribution in [2.75, 3.05) is 6.54 Å². The second-order valence-corrected chi connectivity index (χ2v) is 7.38. The first-order valence-electron chi connectivity index (χ1n) is 7.65. The average molecular weight is 360 g/mol. The monoisotopic (exact) mass is 360 g/mol. The highest BCUT2D eigenvalue weighted by molar-refractivity contribution is 7.89. The molecule has 1 heterocycles. The van der Waals surface area contributed by atoms with Crippen molar-refractivity contribution in [3.63, 3.8) is 0 Å². The fraction of sp³-hybridized carbons (Fsp3) is 0.278. The van der Waals surface area contributed by atoms with Crippen molar-refractivity contribution in [3.05, 3.63) is 53.0 Å². The summed E-state index contributed by atoms with van der Waals surface area (Å²) in [5.41, 5.74) is 1.27. The number of terminal acetylenes is 1. The van der Waals surface area contributed by atoms with Gasteiger partial charge in [0.15, 0.2) is 0 Å². The lowest BCUT2D eigenvalue weighted by atomic mass is 10.1. The molecule has 25 heavy (non-hydrogen) atoms. The summed E-state index contributed by atoms with van der Waals surface area (Å²) < 4.78 is 31.6. The van der Waals surface area contributed by atoms with Gasteiger partial charge in [0.2, 0.25) is 10.0 Å². The van der Waals surface area contributed by atoms with Gasteiger partial charge in [-0.05, 0) is 51.1 Å². The molecule has 0 aliphatic carbocycles. The molecular formula is C18H20N2O4S. The van der Waals surface area contributed by atoms with Gasteiger partial charge in [0, 0.05) is 11.1 Å². The zero-order valence-corrected chi connectivity index (χ0v) is 15.1. The molecule has 132 valence electrons. The van der Waals surface area contributed by atoms with Gasteiger partial charge in [-0.1, -0.05) is 5.92 Å². The number of hydrogen-bond donors (Lipinski definition) is 2. The molecule has 1 amide bonds. The van der Waals surface area contributed by atoms with Crippen molar-refractivity contribution in [3.8, 4) is 12.3 Å². The SMILES string of the molecule is C#CCNS(=O)(=O)c1ccc(C(=O)NC(C)c2cc(C)oc2C)cc1. The lowest BCUT2D eigenvalue weighted by Gasteiger charge is -2.13. The molecule has 6 nitrogen and oxygen atoms in total. The number of hydrogen-bond acceptors (Lipinski definition) is 4. The highest BCUT2D eigenvalue weighted by atomic mass is 32.2. The van der Waals surface area contributed by atoms with E-state index in [9.17, 15) is 13.2 Å². The molecule has 0 saturated heterocycles. The van der Waals surface area contributed by atoms with Crippen molar-refractivity contribution in [2.24, 2.45) is 0 Å². The van der Waals surface area contributed by atoms with E-state index in [0.717, 1.165) is 17.1 Å². The van der Waals surface area contributed by atoms with E-state index in [0.29, 0.717) is 5.56 Å². The third kappa shape index (κ3) is 4.50. The van der Waals surface area contributed by atoms with Crippen LogP contribution < -0.4 is 10.0 Å². The summed E-state index contributed by atoms with van der Waals surface area (Å²) in [6.07, 6.45) is 5.05. The minimum Gasteiger partial charge on any atom is -0.466 e. The second-order valence-electron chi connectivity index (χ2n) is 5.62. The largest absolute Gasteiger partial charge is 0.466 e. The number of sulfonamides is 1. The van der Waals surface area contributed by atoms with Crippen molar-refractivity contribution in [1.82, 2.24) is 10.0 Å². The average Bonchev–Trinajstić information content (AvgIpc) is 2.91. The van der Waals surface area contributed by atoms with Crippen LogP contribution in [0.1, 0.15) is 40.4 Å². The van der Waals surface area contributed by atoms with Gasteiger partial charge in [-0.3, -0.25) is 4.79 Å². The third-order valence-corrected chi connectivity index (χ3v) is 5.10. The van der Waals surface area contributed by atoms with Crippen LogP contribution in [0.15, 0.2) is 39.6 Å². The highest BCUT2D eigenvalue weighted by Gasteiger charge is 2.17. The van der Waals surface area contributed by atoms with E-state index in [1.54, 1.807) is 0 Å². The Bertz CT molecular complexity index is 906. The highest BCUT2D eigenvalue weighted by Crippen LogP contribution is 2.21. The predicted octanol–water partition coefficient (Wildman–Crippen LogP) is 2.30. The number of benzene rings is 1. The Morgan fingerprint density at radius 2 is 1.92 bits per heavy atom. The van der Waals surface area contributed by atoms with Crippen LogP contribution in [0.4, 0.5) is 0 Å². The van der Waals surface area contributed by atoms with Gasteiger partial charge in [-0.2, -0.15) is 4.72 Å². The van der Waals surface area contributed by atoms with E-state index in [1.165, 1.54) is 24.3 Å². The molecule has 1 aromatic carbocycles. The minimum atomic E-state index is -3.67. The van der Waals surface area contributed by atoms with E-state index in [4.69, 9.17) is 10.8 Å². The second kappa shape index (κ2) is 7.55. The van der Waals surface area contributed by atoms with Crippen LogP contribution in [0.3, 0.4) is 0 Å². The predicted molar refractivity (Wildman–Crippen MR) is 94.5 cm³/mol. The first-order valence-corrected chi connectivity index (χ1v) is 9.14. The molecule has 2 aromatic rings. The number of carbonyl (C=O) groups is 1. The van der Waals surface area contributed by atoms with Crippen LogP contribution in [0.2, 0.25) is 0 Å². The van der Waals surface area contributed by atoms with Crippen LogP contribution in [0.25, 0.3) is 0 Å². The van der Waals surface area contributed by atoms with Gasteiger partial charge in [0.05, 0.1) is 17.5 Å². The molecule has 1 atom stereocenters. The molecule has 0 aliphatic rings. The standard InChI is InChI=1S/C18H20N2O4S/c1-5-10-19-25(22,23)16-8-6-15(7-9-16)18(21)20-13(3)17-11-12(2)24-14(17)4/h1,6-9,11,13,19H,10H2,2-4H3,(H,20,21). The molecule has 0 aliphatic heterocycles. The van der Waals surface area contributed by atoms with E-state index < -0.39 is 10.0 Å². The van der Waals surface area contributed by atoms with Gasteiger partial charge < -0.3 is 9.73 Å². The summed E-state index contributed by atoms with van der Waals surface area (Å²) in [7, 11) is -3.67. The molecule has 2 rings (SSSR count). The Kier molecular flexibility index (Phi) is 5.67. The fourth-order valence-corrected chi connectivity index (χ4v) is 3.38. The number of furan rings is 1. The first-order chi connectivity index (χ1) is 11.7. The fourth-order valence-electron chi connectivity index (χ4n) is 2.44. The number of amides is 1. The zero-order valence-electron chi connectivity index (χ0n) is 14.3. The Labute approximate surface area is 147 Å². The summed E-state index contributed by atoms with van der Waals surface area (Å²) in [5, 5.41) is 2.87. The lowest BCUT2D eigenvalue weighted by molar-refractivity contribution is 0.0939. The van der Waals surface area contributed by atoms with Crippen LogP contribution >= 0.6 is 0 Å². The van der Waals surface area contributed by atoms with Crippen molar-refractivity contribution in [2.45, 2.75) is 31.7 Å². The molecular weight excluding hydrogens is 340 g/mol. The van der Waals surface area contributed by atoms with Gasteiger partial charge in [-0.15, -0.1) is 6.42 Å². The molecule has 2 N–H and O–H groups in total. The lowest BCUT2D eigenvalue weighted by Crippen LogP contribution is -2.27. The number of rotatable bonds is 6. The van der Waals surface area contributed by atoms with E-state index in [2.05, 4.69) is 16.0 Å². The molecule has 0 bridgehead atoms. The number of nitrogens with one attached hydrogen (secondary N) is 2.